The summed E-state index contributed by atoms with van der Waals surface area (Å²) in [5.74, 6) is -0.966. The molecule has 0 unspecified atom stereocenters. The molecule has 0 amide bonds. The monoisotopic (exact) mass is 278 g/mol. The molecule has 4 heteroatoms. The van der Waals surface area contributed by atoms with E-state index in [2.05, 4.69) is 0 Å². The van der Waals surface area contributed by atoms with Gasteiger partial charge in [-0.05, 0) is 11.1 Å². The van der Waals surface area contributed by atoms with Gasteiger partial charge < -0.3 is 9.84 Å². The van der Waals surface area contributed by atoms with Crippen LogP contribution >= 0.6 is 12.4 Å². The zero-order valence-electron chi connectivity index (χ0n) is 10.2. The lowest BCUT2D eigenvalue weighted by molar-refractivity contribution is -0.143. The lowest BCUT2D eigenvalue weighted by Gasteiger charge is -2.17. The summed E-state index contributed by atoms with van der Waals surface area (Å²) in [6.45, 7) is -0.311. The number of halogens is 1. The highest BCUT2D eigenvalue weighted by Gasteiger charge is 2.15. The molecule has 0 saturated heterocycles. The van der Waals surface area contributed by atoms with Crippen LogP contribution in [0.3, 0.4) is 0 Å². The van der Waals surface area contributed by atoms with E-state index in [1.54, 1.807) is 0 Å². The number of carbonyl (C=O) groups is 1. The molecule has 0 spiro atoms. The molecule has 0 heterocycles. The molecule has 1 N–H and O–H groups in total. The van der Waals surface area contributed by atoms with Crippen LogP contribution in [0.15, 0.2) is 60.7 Å². The molecule has 0 aromatic heterocycles. The SMILES string of the molecule is Cl.O=C(O)COC(c1ccccc1)c1ccccc1. The van der Waals surface area contributed by atoms with E-state index in [-0.39, 0.29) is 25.1 Å². The second-order valence-electron chi connectivity index (χ2n) is 3.91. The van der Waals surface area contributed by atoms with Crippen LogP contribution in [0.1, 0.15) is 17.2 Å². The first kappa shape index (κ1) is 15.2. The highest BCUT2D eigenvalue weighted by Crippen LogP contribution is 2.25. The topological polar surface area (TPSA) is 46.5 Å². The minimum absolute atomic E-state index is 0. The number of aliphatic carboxylic acids is 1. The molecule has 2 aromatic carbocycles. The van der Waals surface area contributed by atoms with Gasteiger partial charge in [-0.2, -0.15) is 0 Å². The van der Waals surface area contributed by atoms with Crippen LogP contribution in [0.2, 0.25) is 0 Å². The molecular weight excluding hydrogens is 264 g/mol. The van der Waals surface area contributed by atoms with Crippen LogP contribution < -0.4 is 0 Å². The first-order chi connectivity index (χ1) is 8.77. The molecule has 0 aliphatic heterocycles. The normalized spacial score (nSPS) is 9.95. The lowest BCUT2D eigenvalue weighted by atomic mass is 10.0. The number of ether oxygens (including phenoxy) is 1. The van der Waals surface area contributed by atoms with Crippen LogP contribution in [-0.4, -0.2) is 17.7 Å². The third kappa shape index (κ3) is 4.39. The smallest absolute Gasteiger partial charge is 0.329 e. The number of carboxylic acids is 1. The fourth-order valence-corrected chi connectivity index (χ4v) is 1.80. The molecule has 0 radical (unpaired) electrons. The molecule has 0 fully saturated rings. The molecule has 0 atom stereocenters. The Morgan fingerprint density at radius 1 is 0.947 bits per heavy atom. The van der Waals surface area contributed by atoms with Crippen LogP contribution in [0.5, 0.6) is 0 Å². The highest BCUT2D eigenvalue weighted by molar-refractivity contribution is 5.85. The molecule has 0 aliphatic rings. The Labute approximate surface area is 118 Å². The molecule has 0 aliphatic carbocycles. The van der Waals surface area contributed by atoms with Gasteiger partial charge in [0, 0.05) is 0 Å². The maximum atomic E-state index is 10.6. The van der Waals surface area contributed by atoms with Gasteiger partial charge in [0.25, 0.3) is 0 Å². The van der Waals surface area contributed by atoms with Gasteiger partial charge in [0.15, 0.2) is 0 Å². The second kappa shape index (κ2) is 7.56. The van der Waals surface area contributed by atoms with Crippen molar-refractivity contribution in [2.45, 2.75) is 6.10 Å². The van der Waals surface area contributed by atoms with E-state index in [1.807, 2.05) is 60.7 Å². The summed E-state index contributed by atoms with van der Waals surface area (Å²) in [6, 6.07) is 19.2. The zero-order chi connectivity index (χ0) is 12.8. The number of hydrogen-bond acceptors (Lipinski definition) is 2. The van der Waals surface area contributed by atoms with Crippen molar-refractivity contribution in [2.75, 3.05) is 6.61 Å². The van der Waals surface area contributed by atoms with Crippen molar-refractivity contribution in [3.8, 4) is 0 Å². The van der Waals surface area contributed by atoms with Gasteiger partial charge in [-0.15, -0.1) is 12.4 Å². The standard InChI is InChI=1S/C15H14O3.ClH/c16-14(17)11-18-15(12-7-3-1-4-8-12)13-9-5-2-6-10-13;/h1-10,15H,11H2,(H,16,17);1H. The third-order valence-corrected chi connectivity index (χ3v) is 2.58. The molecule has 0 bridgehead atoms. The van der Waals surface area contributed by atoms with Crippen molar-refractivity contribution >= 4 is 18.4 Å². The van der Waals surface area contributed by atoms with Gasteiger partial charge in [0.2, 0.25) is 0 Å². The van der Waals surface area contributed by atoms with E-state index in [0.29, 0.717) is 0 Å². The Balaban J connectivity index is 0.00000180. The maximum Gasteiger partial charge on any atom is 0.329 e. The van der Waals surface area contributed by atoms with E-state index in [0.717, 1.165) is 11.1 Å². The molecular formula is C15H15ClO3. The Morgan fingerprint density at radius 2 is 1.37 bits per heavy atom. The highest BCUT2D eigenvalue weighted by atomic mass is 35.5. The van der Waals surface area contributed by atoms with Gasteiger partial charge in [0.1, 0.15) is 12.7 Å². The average molecular weight is 279 g/mol. The van der Waals surface area contributed by atoms with E-state index in [1.165, 1.54) is 0 Å². The molecule has 19 heavy (non-hydrogen) atoms. The molecule has 3 nitrogen and oxygen atoms in total. The Hall–Kier alpha value is -1.84. The Bertz CT molecular complexity index is 460. The van der Waals surface area contributed by atoms with E-state index in [4.69, 9.17) is 9.84 Å². The average Bonchev–Trinajstić information content (AvgIpc) is 2.41. The molecule has 100 valence electrons. The summed E-state index contributed by atoms with van der Waals surface area (Å²) in [5.41, 5.74) is 1.90. The minimum atomic E-state index is -0.966. The van der Waals surface area contributed by atoms with Gasteiger partial charge >= 0.3 is 5.97 Å². The summed E-state index contributed by atoms with van der Waals surface area (Å²) in [7, 11) is 0. The summed E-state index contributed by atoms with van der Waals surface area (Å²) in [6.07, 6.45) is -0.344. The van der Waals surface area contributed by atoms with Crippen molar-refractivity contribution in [3.05, 3.63) is 71.8 Å². The fraction of sp³-hybridized carbons (Fsp3) is 0.133. The predicted octanol–water partition coefficient (Wildman–Crippen LogP) is 3.30. The number of rotatable bonds is 5. The number of benzene rings is 2. The fourth-order valence-electron chi connectivity index (χ4n) is 1.80. The molecule has 2 rings (SSSR count). The van der Waals surface area contributed by atoms with Gasteiger partial charge in [-0.1, -0.05) is 60.7 Å². The number of carboxylic acid groups (broad SMARTS) is 1. The second-order valence-corrected chi connectivity index (χ2v) is 3.91. The van der Waals surface area contributed by atoms with Gasteiger partial charge in [-0.25, -0.2) is 4.79 Å². The summed E-state index contributed by atoms with van der Waals surface area (Å²) in [5, 5.41) is 8.73. The van der Waals surface area contributed by atoms with Crippen LogP contribution in [0.25, 0.3) is 0 Å². The molecule has 0 saturated carbocycles. The molecule has 2 aromatic rings. The number of hydrogen-bond donors (Lipinski definition) is 1. The largest absolute Gasteiger partial charge is 0.480 e. The predicted molar refractivity (Wildman–Crippen MR) is 75.6 cm³/mol. The van der Waals surface area contributed by atoms with Crippen molar-refractivity contribution < 1.29 is 14.6 Å². The van der Waals surface area contributed by atoms with Crippen molar-refractivity contribution in [1.82, 2.24) is 0 Å². The van der Waals surface area contributed by atoms with Gasteiger partial charge in [0.05, 0.1) is 0 Å². The Morgan fingerprint density at radius 3 is 1.74 bits per heavy atom. The van der Waals surface area contributed by atoms with Crippen LogP contribution in [0, 0.1) is 0 Å². The first-order valence-electron chi connectivity index (χ1n) is 5.70. The van der Waals surface area contributed by atoms with Gasteiger partial charge in [-0.3, -0.25) is 0 Å². The zero-order valence-corrected chi connectivity index (χ0v) is 11.0. The van der Waals surface area contributed by atoms with Crippen LogP contribution in [-0.2, 0) is 9.53 Å². The van der Waals surface area contributed by atoms with Crippen molar-refractivity contribution in [3.63, 3.8) is 0 Å². The lowest BCUT2D eigenvalue weighted by Crippen LogP contribution is -2.13. The summed E-state index contributed by atoms with van der Waals surface area (Å²) in [4.78, 5) is 10.6. The summed E-state index contributed by atoms with van der Waals surface area (Å²) >= 11 is 0. The third-order valence-electron chi connectivity index (χ3n) is 2.58. The Kier molecular flexibility index (Phi) is 6.06. The van der Waals surface area contributed by atoms with Crippen molar-refractivity contribution in [1.29, 1.82) is 0 Å². The van der Waals surface area contributed by atoms with E-state index in [9.17, 15) is 4.79 Å². The van der Waals surface area contributed by atoms with Crippen LogP contribution in [0.4, 0.5) is 0 Å². The minimum Gasteiger partial charge on any atom is -0.480 e. The first-order valence-corrected chi connectivity index (χ1v) is 5.70. The quantitative estimate of drug-likeness (QED) is 0.913. The summed E-state index contributed by atoms with van der Waals surface area (Å²) < 4.78 is 5.48. The van der Waals surface area contributed by atoms with E-state index >= 15 is 0 Å². The maximum absolute atomic E-state index is 10.6. The van der Waals surface area contributed by atoms with Crippen molar-refractivity contribution in [2.24, 2.45) is 0 Å². The van der Waals surface area contributed by atoms with E-state index < -0.39 is 5.97 Å².